The van der Waals surface area contributed by atoms with E-state index in [4.69, 9.17) is 11.5 Å². The number of fused-ring (bicyclic) bond motifs is 3. The van der Waals surface area contributed by atoms with Crippen LogP contribution in [-0.2, 0) is 0 Å². The van der Waals surface area contributed by atoms with Crippen molar-refractivity contribution in [1.82, 2.24) is 19.2 Å². The first-order chi connectivity index (χ1) is 13.4. The Labute approximate surface area is 160 Å². The fourth-order valence-electron chi connectivity index (χ4n) is 4.10. The fourth-order valence-corrected chi connectivity index (χ4v) is 4.10. The fraction of sp³-hybridized carbons (Fsp3) is 0.250. The second-order valence-corrected chi connectivity index (χ2v) is 7.44. The number of aromatic hydroxyl groups is 1. The summed E-state index contributed by atoms with van der Waals surface area (Å²) in [5.74, 6) is 0.180. The minimum absolute atomic E-state index is 0.145. The van der Waals surface area contributed by atoms with E-state index in [0.717, 1.165) is 29.6 Å². The van der Waals surface area contributed by atoms with E-state index in [0.29, 0.717) is 28.2 Å². The number of hydrogen-bond donors (Lipinski definition) is 3. The van der Waals surface area contributed by atoms with Crippen LogP contribution in [0.15, 0.2) is 24.5 Å². The number of carbonyl (C=O) groups excluding carboxylic acids is 1. The van der Waals surface area contributed by atoms with Crippen molar-refractivity contribution in [2.24, 2.45) is 5.73 Å². The molecular formula is C20H20N6O2. The van der Waals surface area contributed by atoms with Crippen molar-refractivity contribution in [3.63, 3.8) is 0 Å². The Morgan fingerprint density at radius 3 is 2.71 bits per heavy atom. The number of phenolic OH excluding ortho intramolecular Hbond substituents is 1. The molecule has 1 aliphatic rings. The number of pyridine rings is 1. The molecule has 4 aromatic rings. The van der Waals surface area contributed by atoms with E-state index < -0.39 is 5.91 Å². The Morgan fingerprint density at radius 1 is 1.29 bits per heavy atom. The number of nitrogens with two attached hydrogens (primary N) is 2. The molecule has 142 valence electrons. The van der Waals surface area contributed by atoms with Crippen molar-refractivity contribution < 1.29 is 9.90 Å². The molecule has 5 N–H and O–H groups in total. The molecule has 1 aromatic carbocycles. The summed E-state index contributed by atoms with van der Waals surface area (Å²) < 4.78 is 3.47. The van der Waals surface area contributed by atoms with Crippen LogP contribution in [0.1, 0.15) is 45.8 Å². The van der Waals surface area contributed by atoms with E-state index in [-0.39, 0.29) is 17.1 Å². The predicted octanol–water partition coefficient (Wildman–Crippen LogP) is 2.55. The summed E-state index contributed by atoms with van der Waals surface area (Å²) in [7, 11) is 0. The number of carbonyl (C=O) groups is 1. The first-order valence-corrected chi connectivity index (χ1v) is 9.16. The van der Waals surface area contributed by atoms with Crippen LogP contribution in [0.2, 0.25) is 0 Å². The quantitative estimate of drug-likeness (QED) is 0.507. The summed E-state index contributed by atoms with van der Waals surface area (Å²) in [6.45, 7) is 3.73. The molecule has 0 aliphatic heterocycles. The Kier molecular flexibility index (Phi) is 3.25. The third kappa shape index (κ3) is 2.08. The highest BCUT2D eigenvalue weighted by atomic mass is 16.3. The van der Waals surface area contributed by atoms with Gasteiger partial charge in [0.25, 0.3) is 5.91 Å². The van der Waals surface area contributed by atoms with Gasteiger partial charge in [-0.2, -0.15) is 9.61 Å². The number of rotatable bonds is 3. The van der Waals surface area contributed by atoms with Gasteiger partial charge in [-0.1, -0.05) is 6.07 Å². The van der Waals surface area contributed by atoms with E-state index in [1.54, 1.807) is 15.1 Å². The maximum absolute atomic E-state index is 12.3. The number of amides is 1. The number of nitrogen functional groups attached to an aromatic ring is 1. The maximum Gasteiger partial charge on any atom is 0.253 e. The van der Waals surface area contributed by atoms with Gasteiger partial charge < -0.3 is 16.6 Å². The zero-order valence-electron chi connectivity index (χ0n) is 15.6. The summed E-state index contributed by atoms with van der Waals surface area (Å²) in [5.41, 5.74) is 17.1. The van der Waals surface area contributed by atoms with E-state index in [1.807, 2.05) is 26.0 Å². The highest BCUT2D eigenvalue weighted by molar-refractivity contribution is 6.11. The van der Waals surface area contributed by atoms with Crippen molar-refractivity contribution in [2.45, 2.75) is 32.6 Å². The zero-order valence-corrected chi connectivity index (χ0v) is 15.6. The second kappa shape index (κ2) is 5.48. The molecule has 1 fully saturated rings. The minimum Gasteiger partial charge on any atom is -0.508 e. The highest BCUT2D eigenvalue weighted by Crippen LogP contribution is 2.44. The van der Waals surface area contributed by atoms with Gasteiger partial charge in [0.05, 0.1) is 11.3 Å². The average molecular weight is 376 g/mol. The van der Waals surface area contributed by atoms with Gasteiger partial charge in [0.15, 0.2) is 11.3 Å². The molecule has 0 spiro atoms. The molecule has 0 atom stereocenters. The SMILES string of the molecule is Cc1ccc(O)c(C)c1-n1c(N)c(C(N)=O)c2cc(C3CC3)c3ncnn3c21. The third-order valence-electron chi connectivity index (χ3n) is 5.62. The van der Waals surface area contributed by atoms with Gasteiger partial charge in [-0.25, -0.2) is 4.98 Å². The largest absolute Gasteiger partial charge is 0.508 e. The normalized spacial score (nSPS) is 14.2. The smallest absolute Gasteiger partial charge is 0.253 e. The van der Waals surface area contributed by atoms with Crippen molar-refractivity contribution in [3.05, 3.63) is 46.8 Å². The van der Waals surface area contributed by atoms with Gasteiger partial charge in [0.1, 0.15) is 17.9 Å². The molecule has 1 saturated carbocycles. The number of phenols is 1. The number of anilines is 1. The first-order valence-electron chi connectivity index (χ1n) is 9.16. The van der Waals surface area contributed by atoms with Gasteiger partial charge >= 0.3 is 0 Å². The summed E-state index contributed by atoms with van der Waals surface area (Å²) >= 11 is 0. The minimum atomic E-state index is -0.599. The summed E-state index contributed by atoms with van der Waals surface area (Å²) in [5, 5.41) is 15.3. The van der Waals surface area contributed by atoms with Gasteiger partial charge in [-0.05, 0) is 50.3 Å². The maximum atomic E-state index is 12.3. The van der Waals surface area contributed by atoms with Crippen molar-refractivity contribution in [1.29, 1.82) is 0 Å². The van der Waals surface area contributed by atoms with Crippen LogP contribution in [-0.4, -0.2) is 30.2 Å². The molecule has 28 heavy (non-hydrogen) atoms. The van der Waals surface area contributed by atoms with Crippen LogP contribution in [0, 0.1) is 13.8 Å². The van der Waals surface area contributed by atoms with Gasteiger partial charge in [0.2, 0.25) is 0 Å². The van der Waals surface area contributed by atoms with E-state index >= 15 is 0 Å². The lowest BCUT2D eigenvalue weighted by atomic mass is 10.1. The van der Waals surface area contributed by atoms with Crippen molar-refractivity contribution in [2.75, 3.05) is 5.73 Å². The van der Waals surface area contributed by atoms with Gasteiger partial charge in [-0.3, -0.25) is 9.36 Å². The zero-order chi connectivity index (χ0) is 19.7. The van der Waals surface area contributed by atoms with Crippen LogP contribution >= 0.6 is 0 Å². The Balaban J connectivity index is 2.02. The lowest BCUT2D eigenvalue weighted by molar-refractivity contribution is 0.100. The van der Waals surface area contributed by atoms with Gasteiger partial charge in [0, 0.05) is 16.5 Å². The van der Waals surface area contributed by atoms with E-state index in [2.05, 4.69) is 10.1 Å². The standard InChI is InChI=1S/C20H20N6O2/c1-9-3-6-14(27)10(2)16(9)25-17(21)15(18(22)28)13-7-12(11-4-5-11)19-23-8-24-26(19)20(13)25/h3,6-8,11,27H,4-5,21H2,1-2H3,(H2,22,28). The molecule has 8 heteroatoms. The van der Waals surface area contributed by atoms with E-state index in [1.165, 1.54) is 6.33 Å². The highest BCUT2D eigenvalue weighted by Gasteiger charge is 2.31. The molecule has 0 saturated heterocycles. The molecule has 5 rings (SSSR count). The Hall–Kier alpha value is -3.55. The lowest BCUT2D eigenvalue weighted by Gasteiger charge is -2.16. The van der Waals surface area contributed by atoms with Crippen LogP contribution in [0.4, 0.5) is 5.82 Å². The molecule has 0 bridgehead atoms. The van der Waals surface area contributed by atoms with E-state index in [9.17, 15) is 9.90 Å². The molecule has 1 amide bonds. The van der Waals surface area contributed by atoms with Crippen LogP contribution < -0.4 is 11.5 Å². The number of primary amides is 1. The summed E-state index contributed by atoms with van der Waals surface area (Å²) in [6.07, 6.45) is 3.67. The van der Waals surface area contributed by atoms with Gasteiger partial charge in [-0.15, -0.1) is 0 Å². The third-order valence-corrected chi connectivity index (χ3v) is 5.62. The molecule has 1 aliphatic carbocycles. The van der Waals surface area contributed by atoms with Crippen LogP contribution in [0.5, 0.6) is 5.75 Å². The molecule has 0 unspecified atom stereocenters. The lowest BCUT2D eigenvalue weighted by Crippen LogP contribution is -2.14. The first kappa shape index (κ1) is 16.6. The molecule has 3 heterocycles. The number of benzene rings is 1. The Bertz CT molecular complexity index is 1300. The van der Waals surface area contributed by atoms with Crippen LogP contribution in [0.25, 0.3) is 22.4 Å². The average Bonchev–Trinajstić information content (AvgIpc) is 3.30. The van der Waals surface area contributed by atoms with Crippen molar-refractivity contribution >= 4 is 28.4 Å². The number of hydrogen-bond acceptors (Lipinski definition) is 5. The number of nitrogens with zero attached hydrogens (tertiary/aromatic N) is 4. The Morgan fingerprint density at radius 2 is 2.04 bits per heavy atom. The van der Waals surface area contributed by atoms with Crippen LogP contribution in [0.3, 0.4) is 0 Å². The number of aromatic nitrogens is 4. The second-order valence-electron chi connectivity index (χ2n) is 7.44. The summed E-state index contributed by atoms with van der Waals surface area (Å²) in [4.78, 5) is 16.8. The number of aryl methyl sites for hydroxylation is 1. The monoisotopic (exact) mass is 376 g/mol. The summed E-state index contributed by atoms with van der Waals surface area (Å²) in [6, 6.07) is 5.42. The molecule has 3 aromatic heterocycles. The molecule has 0 radical (unpaired) electrons. The molecular weight excluding hydrogens is 356 g/mol. The van der Waals surface area contributed by atoms with Crippen molar-refractivity contribution in [3.8, 4) is 11.4 Å². The predicted molar refractivity (Wildman–Crippen MR) is 106 cm³/mol. The topological polar surface area (TPSA) is 124 Å². The molecule has 8 nitrogen and oxygen atoms in total.